The van der Waals surface area contributed by atoms with Crippen LogP contribution in [0.3, 0.4) is 0 Å². The van der Waals surface area contributed by atoms with Crippen LogP contribution in [-0.4, -0.2) is 11.1 Å². The summed E-state index contributed by atoms with van der Waals surface area (Å²) in [4.78, 5) is 11.0. The van der Waals surface area contributed by atoms with Gasteiger partial charge in [-0.2, -0.15) is 0 Å². The first-order chi connectivity index (χ1) is 7.15. The van der Waals surface area contributed by atoms with Gasteiger partial charge in [0.25, 0.3) is 0 Å². The van der Waals surface area contributed by atoms with Gasteiger partial charge in [0.1, 0.15) is 0 Å². The molecule has 0 amide bonds. The number of carboxylic acids is 1. The lowest BCUT2D eigenvalue weighted by Gasteiger charge is -2.09. The van der Waals surface area contributed by atoms with Gasteiger partial charge >= 0.3 is 5.97 Å². The molecule has 0 aliphatic rings. The van der Waals surface area contributed by atoms with Crippen LogP contribution in [0.4, 0.5) is 5.69 Å². The minimum absolute atomic E-state index is 0.329. The zero-order chi connectivity index (χ0) is 11.3. The number of hydrogen-bond donors (Lipinski definition) is 2. The molecular weight excluding hydrogens is 190 g/mol. The lowest BCUT2D eigenvalue weighted by molar-refractivity contribution is -0.138. The highest BCUT2D eigenvalue weighted by Gasteiger charge is 2.18. The van der Waals surface area contributed by atoms with E-state index in [0.717, 1.165) is 5.56 Å². The molecule has 78 valence electrons. The maximum Gasteiger partial charge on any atom is 0.311 e. The van der Waals surface area contributed by atoms with Gasteiger partial charge < -0.3 is 10.8 Å². The maximum absolute atomic E-state index is 11.0. The minimum atomic E-state index is -0.859. The highest BCUT2D eigenvalue weighted by Crippen LogP contribution is 2.20. The summed E-state index contributed by atoms with van der Waals surface area (Å²) in [5, 5.41) is 9.02. The third kappa shape index (κ3) is 3.03. The topological polar surface area (TPSA) is 63.3 Å². The molecular formula is C12H13NO2. The lowest BCUT2D eigenvalue weighted by Crippen LogP contribution is -2.10. The highest BCUT2D eigenvalue weighted by atomic mass is 16.4. The Morgan fingerprint density at radius 2 is 2.07 bits per heavy atom. The summed E-state index contributed by atoms with van der Waals surface area (Å²) in [6, 6.07) is 6.85. The molecule has 0 heterocycles. The van der Waals surface area contributed by atoms with Crippen molar-refractivity contribution in [2.45, 2.75) is 19.3 Å². The molecule has 0 aliphatic carbocycles. The predicted molar refractivity (Wildman–Crippen MR) is 59.3 cm³/mol. The first-order valence-electron chi connectivity index (χ1n) is 4.63. The Bertz CT molecular complexity index is 398. The van der Waals surface area contributed by atoms with Crippen molar-refractivity contribution in [3.63, 3.8) is 0 Å². The lowest BCUT2D eigenvalue weighted by atomic mass is 9.96. The van der Waals surface area contributed by atoms with Crippen molar-refractivity contribution in [3.05, 3.63) is 29.8 Å². The van der Waals surface area contributed by atoms with Crippen LogP contribution in [-0.2, 0) is 4.79 Å². The summed E-state index contributed by atoms with van der Waals surface area (Å²) in [5.41, 5.74) is 6.89. The Hall–Kier alpha value is -1.95. The van der Waals surface area contributed by atoms with E-state index in [1.807, 2.05) is 0 Å². The maximum atomic E-state index is 11.0. The van der Waals surface area contributed by atoms with Crippen LogP contribution in [0.1, 0.15) is 24.8 Å². The summed E-state index contributed by atoms with van der Waals surface area (Å²) in [6.45, 7) is 1.70. The average Bonchev–Trinajstić information content (AvgIpc) is 2.21. The molecule has 0 bridgehead atoms. The number of hydrogen-bond acceptors (Lipinski definition) is 2. The van der Waals surface area contributed by atoms with Gasteiger partial charge in [-0.05, 0) is 24.6 Å². The second-order valence-corrected chi connectivity index (χ2v) is 3.19. The second-order valence-electron chi connectivity index (χ2n) is 3.19. The molecule has 0 saturated heterocycles. The van der Waals surface area contributed by atoms with Crippen molar-refractivity contribution in [1.82, 2.24) is 0 Å². The van der Waals surface area contributed by atoms with E-state index in [2.05, 4.69) is 11.8 Å². The molecule has 1 rings (SSSR count). The van der Waals surface area contributed by atoms with Crippen LogP contribution in [0, 0.1) is 11.8 Å². The van der Waals surface area contributed by atoms with Gasteiger partial charge in [-0.1, -0.05) is 12.1 Å². The average molecular weight is 203 g/mol. The van der Waals surface area contributed by atoms with Crippen molar-refractivity contribution in [2.75, 3.05) is 5.73 Å². The fourth-order valence-corrected chi connectivity index (χ4v) is 1.28. The molecule has 15 heavy (non-hydrogen) atoms. The van der Waals surface area contributed by atoms with E-state index in [0.29, 0.717) is 12.1 Å². The van der Waals surface area contributed by atoms with Gasteiger partial charge in [-0.15, -0.1) is 11.8 Å². The van der Waals surface area contributed by atoms with Crippen molar-refractivity contribution < 1.29 is 9.90 Å². The van der Waals surface area contributed by atoms with Crippen molar-refractivity contribution in [1.29, 1.82) is 0 Å². The molecule has 0 radical (unpaired) electrons. The van der Waals surface area contributed by atoms with Crippen LogP contribution < -0.4 is 5.73 Å². The van der Waals surface area contributed by atoms with Gasteiger partial charge in [-0.25, -0.2) is 0 Å². The van der Waals surface area contributed by atoms with E-state index in [4.69, 9.17) is 10.8 Å². The quantitative estimate of drug-likeness (QED) is 0.582. The number of nitrogen functional groups attached to an aromatic ring is 1. The monoisotopic (exact) mass is 203 g/mol. The second kappa shape index (κ2) is 5.06. The van der Waals surface area contributed by atoms with Crippen molar-refractivity contribution >= 4 is 11.7 Å². The van der Waals surface area contributed by atoms with Crippen LogP contribution in [0.2, 0.25) is 0 Å². The van der Waals surface area contributed by atoms with Gasteiger partial charge in [0.2, 0.25) is 0 Å². The van der Waals surface area contributed by atoms with E-state index in [-0.39, 0.29) is 0 Å². The van der Waals surface area contributed by atoms with Gasteiger partial charge in [0.05, 0.1) is 5.92 Å². The normalized spacial score (nSPS) is 11.3. The van der Waals surface area contributed by atoms with E-state index in [9.17, 15) is 4.79 Å². The zero-order valence-electron chi connectivity index (χ0n) is 8.53. The molecule has 3 N–H and O–H groups in total. The standard InChI is InChI=1S/C12H13NO2/c1-2-3-4-11(12(14)15)9-5-7-10(13)8-6-9/h5-8,11H,4,13H2,1H3,(H,14,15). The van der Waals surface area contributed by atoms with Gasteiger partial charge in [-0.3, -0.25) is 4.79 Å². The Kier molecular flexibility index (Phi) is 3.75. The third-order valence-electron chi connectivity index (χ3n) is 2.12. The Labute approximate surface area is 88.9 Å². The van der Waals surface area contributed by atoms with Crippen LogP contribution >= 0.6 is 0 Å². The van der Waals surface area contributed by atoms with E-state index >= 15 is 0 Å². The van der Waals surface area contributed by atoms with Crippen molar-refractivity contribution in [2.24, 2.45) is 0 Å². The minimum Gasteiger partial charge on any atom is -0.481 e. The summed E-state index contributed by atoms with van der Waals surface area (Å²) in [7, 11) is 0. The SMILES string of the molecule is CC#CCC(C(=O)O)c1ccc(N)cc1. The molecule has 0 spiro atoms. The van der Waals surface area contributed by atoms with Crippen molar-refractivity contribution in [3.8, 4) is 11.8 Å². The summed E-state index contributed by atoms with van der Waals surface area (Å²) in [6.07, 6.45) is 0.329. The number of benzene rings is 1. The Balaban J connectivity index is 2.92. The molecule has 1 aromatic carbocycles. The molecule has 1 aromatic rings. The number of carbonyl (C=O) groups is 1. The molecule has 3 heteroatoms. The fourth-order valence-electron chi connectivity index (χ4n) is 1.28. The van der Waals surface area contributed by atoms with Crippen LogP contribution in [0.5, 0.6) is 0 Å². The van der Waals surface area contributed by atoms with E-state index in [1.165, 1.54) is 0 Å². The fraction of sp³-hybridized carbons (Fsp3) is 0.250. The zero-order valence-corrected chi connectivity index (χ0v) is 8.53. The third-order valence-corrected chi connectivity index (χ3v) is 2.12. The first kappa shape index (κ1) is 11.1. The summed E-state index contributed by atoms with van der Waals surface area (Å²) >= 11 is 0. The van der Waals surface area contributed by atoms with E-state index < -0.39 is 11.9 Å². The smallest absolute Gasteiger partial charge is 0.311 e. The highest BCUT2D eigenvalue weighted by molar-refractivity contribution is 5.76. The molecule has 3 nitrogen and oxygen atoms in total. The Morgan fingerprint density at radius 3 is 2.53 bits per heavy atom. The molecule has 0 saturated carbocycles. The number of carboxylic acid groups (broad SMARTS) is 1. The van der Waals surface area contributed by atoms with Crippen LogP contribution in [0.15, 0.2) is 24.3 Å². The molecule has 0 aromatic heterocycles. The Morgan fingerprint density at radius 1 is 1.47 bits per heavy atom. The molecule has 0 aliphatic heterocycles. The number of nitrogens with two attached hydrogens (primary N) is 1. The van der Waals surface area contributed by atoms with Gasteiger partial charge in [0.15, 0.2) is 0 Å². The molecule has 0 fully saturated rings. The number of rotatable bonds is 3. The van der Waals surface area contributed by atoms with Gasteiger partial charge in [0, 0.05) is 12.1 Å². The first-order valence-corrected chi connectivity index (χ1v) is 4.63. The molecule has 1 atom stereocenters. The summed E-state index contributed by atoms with van der Waals surface area (Å²) < 4.78 is 0. The number of anilines is 1. The predicted octanol–water partition coefficient (Wildman–Crippen LogP) is 1.85. The summed E-state index contributed by atoms with van der Waals surface area (Å²) in [5.74, 6) is 4.05. The van der Waals surface area contributed by atoms with Crippen LogP contribution in [0.25, 0.3) is 0 Å². The molecule has 1 unspecified atom stereocenters. The number of aliphatic carboxylic acids is 1. The van der Waals surface area contributed by atoms with E-state index in [1.54, 1.807) is 31.2 Å². The largest absolute Gasteiger partial charge is 0.481 e.